The number of halogens is 1. The number of rotatable bonds is 7. The Labute approximate surface area is 236 Å². The summed E-state index contributed by atoms with van der Waals surface area (Å²) in [6, 6.07) is 8.44. The third kappa shape index (κ3) is 5.50. The molecule has 1 aromatic carbocycles. The zero-order valence-electron chi connectivity index (χ0n) is 22.7. The molecule has 12 heteroatoms. The van der Waals surface area contributed by atoms with E-state index in [1.165, 1.54) is 6.07 Å². The number of ether oxygens (including phenoxy) is 1. The molecule has 0 bridgehead atoms. The molecule has 41 heavy (non-hydrogen) atoms. The molecule has 0 unspecified atom stereocenters. The molecule has 0 saturated carbocycles. The summed E-state index contributed by atoms with van der Waals surface area (Å²) < 4.78 is 21.2. The highest BCUT2D eigenvalue weighted by atomic mass is 19.1. The first-order valence-corrected chi connectivity index (χ1v) is 13.5. The van der Waals surface area contributed by atoms with Gasteiger partial charge in [0.1, 0.15) is 11.6 Å². The highest BCUT2D eigenvalue weighted by molar-refractivity contribution is 5.94. The highest BCUT2D eigenvalue weighted by Gasteiger charge is 2.31. The Morgan fingerprint density at radius 3 is 2.63 bits per heavy atom. The van der Waals surface area contributed by atoms with Gasteiger partial charge in [0.15, 0.2) is 0 Å². The fourth-order valence-electron chi connectivity index (χ4n) is 5.11. The van der Waals surface area contributed by atoms with Crippen LogP contribution in [-0.4, -0.2) is 82.2 Å². The van der Waals surface area contributed by atoms with Gasteiger partial charge < -0.3 is 25.2 Å². The van der Waals surface area contributed by atoms with Gasteiger partial charge in [-0.15, -0.1) is 0 Å². The number of pyridine rings is 1. The predicted octanol–water partition coefficient (Wildman–Crippen LogP) is 2.90. The second-order valence-electron chi connectivity index (χ2n) is 10.0. The molecule has 2 aliphatic rings. The van der Waals surface area contributed by atoms with Crippen molar-refractivity contribution in [3.05, 3.63) is 77.6 Å². The van der Waals surface area contributed by atoms with E-state index in [0.29, 0.717) is 80.9 Å². The van der Waals surface area contributed by atoms with Gasteiger partial charge >= 0.3 is 0 Å². The lowest BCUT2D eigenvalue weighted by Crippen LogP contribution is -2.37. The molecule has 2 N–H and O–H groups in total. The number of amides is 1. The molecule has 2 aliphatic heterocycles. The maximum atomic E-state index is 15.7. The summed E-state index contributed by atoms with van der Waals surface area (Å²) >= 11 is 0. The van der Waals surface area contributed by atoms with Gasteiger partial charge in [-0.3, -0.25) is 9.78 Å². The average molecular weight is 556 g/mol. The summed E-state index contributed by atoms with van der Waals surface area (Å²) in [6.07, 6.45) is 8.04. The molecule has 3 aromatic heterocycles. The molecule has 0 radical (unpaired) electrons. The number of likely N-dealkylation sites (N-methyl/N-ethyl adjacent to an activating group) is 1. The van der Waals surface area contributed by atoms with Crippen molar-refractivity contribution in [3.63, 3.8) is 0 Å². The summed E-state index contributed by atoms with van der Waals surface area (Å²) in [6.45, 7) is 3.45. The molecule has 0 spiro atoms. The van der Waals surface area contributed by atoms with Gasteiger partial charge in [0, 0.05) is 74.7 Å². The van der Waals surface area contributed by atoms with Crippen molar-refractivity contribution >= 4 is 29.3 Å². The van der Waals surface area contributed by atoms with E-state index in [2.05, 4.69) is 19.9 Å². The second kappa shape index (κ2) is 11.4. The van der Waals surface area contributed by atoms with E-state index in [1.54, 1.807) is 48.9 Å². The number of aromatic nitrogens is 5. The van der Waals surface area contributed by atoms with Gasteiger partial charge in [0.25, 0.3) is 5.91 Å². The molecule has 0 atom stereocenters. The summed E-state index contributed by atoms with van der Waals surface area (Å²) in [5.41, 5.74) is 9.68. The molecule has 11 nitrogen and oxygen atoms in total. The van der Waals surface area contributed by atoms with Crippen molar-refractivity contribution in [1.82, 2.24) is 29.8 Å². The van der Waals surface area contributed by atoms with Crippen molar-refractivity contribution in [2.24, 2.45) is 0 Å². The van der Waals surface area contributed by atoms with Crippen molar-refractivity contribution in [1.29, 1.82) is 0 Å². The Morgan fingerprint density at radius 1 is 1.10 bits per heavy atom. The number of anilines is 4. The first-order valence-electron chi connectivity index (χ1n) is 13.5. The Bertz CT molecular complexity index is 1550. The number of fused-ring (bicyclic) bond motifs is 1. The van der Waals surface area contributed by atoms with Crippen LogP contribution in [0, 0.1) is 5.82 Å². The van der Waals surface area contributed by atoms with Crippen LogP contribution in [0.5, 0.6) is 0 Å². The van der Waals surface area contributed by atoms with Gasteiger partial charge in [0.05, 0.1) is 24.6 Å². The summed E-state index contributed by atoms with van der Waals surface area (Å²) in [4.78, 5) is 40.7. The number of nitrogen functional groups attached to an aromatic ring is 1. The summed E-state index contributed by atoms with van der Waals surface area (Å²) in [5.74, 6) is 0.596. The molecule has 1 fully saturated rings. The lowest BCUT2D eigenvalue weighted by Gasteiger charge is -2.28. The van der Waals surface area contributed by atoms with Crippen molar-refractivity contribution in [3.8, 4) is 11.3 Å². The number of carbonyl (C=O) groups is 1. The number of nitrogens with two attached hydrogens (primary N) is 1. The number of morpholine rings is 1. The zero-order valence-corrected chi connectivity index (χ0v) is 22.7. The van der Waals surface area contributed by atoms with Crippen LogP contribution in [0.15, 0.2) is 55.1 Å². The lowest BCUT2D eigenvalue weighted by molar-refractivity contribution is 0.0796. The number of carbonyl (C=O) groups excluding carboxylic acids is 1. The fourth-order valence-corrected chi connectivity index (χ4v) is 5.11. The largest absolute Gasteiger partial charge is 0.378 e. The quantitative estimate of drug-likeness (QED) is 0.364. The van der Waals surface area contributed by atoms with Gasteiger partial charge in [-0.2, -0.15) is 4.98 Å². The standard InChI is InChI=1S/C29H30FN9O2/c1-37(9-6-19-3-2-8-32-16-19)27(40)20-4-5-24(23(30)15-20)39-10-7-22-25(21-17-33-28(31)34-18-21)35-29(36-26(22)39)38-11-13-41-14-12-38/h2-5,8,15-18H,6-7,9-14H2,1H3,(H2,31,33,34). The van der Waals surface area contributed by atoms with Crippen LogP contribution >= 0.6 is 0 Å². The van der Waals surface area contributed by atoms with Crippen LogP contribution < -0.4 is 15.5 Å². The van der Waals surface area contributed by atoms with Crippen LogP contribution in [0.4, 0.5) is 27.8 Å². The van der Waals surface area contributed by atoms with Crippen molar-refractivity contribution in [2.45, 2.75) is 12.8 Å². The van der Waals surface area contributed by atoms with Crippen LogP contribution in [0.2, 0.25) is 0 Å². The van der Waals surface area contributed by atoms with E-state index >= 15 is 4.39 Å². The van der Waals surface area contributed by atoms with E-state index in [1.807, 2.05) is 17.0 Å². The molecule has 0 aliphatic carbocycles. The molecule has 5 heterocycles. The Morgan fingerprint density at radius 2 is 1.90 bits per heavy atom. The average Bonchev–Trinajstić information content (AvgIpc) is 3.44. The van der Waals surface area contributed by atoms with Crippen molar-refractivity contribution < 1.29 is 13.9 Å². The molecule has 210 valence electrons. The van der Waals surface area contributed by atoms with Gasteiger partial charge in [-0.1, -0.05) is 6.07 Å². The van der Waals surface area contributed by atoms with Crippen molar-refractivity contribution in [2.75, 3.05) is 62.0 Å². The zero-order chi connectivity index (χ0) is 28.3. The second-order valence-corrected chi connectivity index (χ2v) is 10.0. The molecule has 1 saturated heterocycles. The number of hydrogen-bond acceptors (Lipinski definition) is 10. The molecule has 1 amide bonds. The Hall–Kier alpha value is -4.71. The van der Waals surface area contributed by atoms with Crippen LogP contribution in [0.1, 0.15) is 21.5 Å². The third-order valence-corrected chi connectivity index (χ3v) is 7.34. The first-order chi connectivity index (χ1) is 20.0. The maximum absolute atomic E-state index is 15.7. The number of benzene rings is 1. The van der Waals surface area contributed by atoms with Gasteiger partial charge in [0.2, 0.25) is 11.9 Å². The molecule has 4 aromatic rings. The topological polar surface area (TPSA) is 126 Å². The maximum Gasteiger partial charge on any atom is 0.253 e. The minimum atomic E-state index is -0.492. The predicted molar refractivity (Wildman–Crippen MR) is 153 cm³/mol. The van der Waals surface area contributed by atoms with E-state index in [4.69, 9.17) is 20.4 Å². The molecule has 6 rings (SSSR count). The Kier molecular flexibility index (Phi) is 7.38. The van der Waals surface area contributed by atoms with Crippen LogP contribution in [-0.2, 0) is 17.6 Å². The number of nitrogens with zero attached hydrogens (tertiary/aromatic N) is 8. The summed E-state index contributed by atoms with van der Waals surface area (Å²) in [7, 11) is 1.72. The van der Waals surface area contributed by atoms with Gasteiger partial charge in [-0.25, -0.2) is 19.3 Å². The van der Waals surface area contributed by atoms with Crippen LogP contribution in [0.25, 0.3) is 11.3 Å². The normalized spacial score (nSPS) is 14.7. The SMILES string of the molecule is CN(CCc1cccnc1)C(=O)c1ccc(N2CCc3c(-c4cnc(N)nc4)nc(N4CCOCC4)nc32)c(F)c1. The Balaban J connectivity index is 1.29. The van der Waals surface area contributed by atoms with E-state index in [0.717, 1.165) is 11.1 Å². The molecular formula is C29H30FN9O2. The monoisotopic (exact) mass is 555 g/mol. The minimum absolute atomic E-state index is 0.175. The fraction of sp³-hybridized carbons (Fsp3) is 0.310. The van der Waals surface area contributed by atoms with Crippen LogP contribution in [0.3, 0.4) is 0 Å². The first kappa shape index (κ1) is 26.5. The lowest BCUT2D eigenvalue weighted by atomic mass is 10.1. The minimum Gasteiger partial charge on any atom is -0.378 e. The van der Waals surface area contributed by atoms with E-state index < -0.39 is 5.82 Å². The van der Waals surface area contributed by atoms with E-state index in [9.17, 15) is 4.79 Å². The number of hydrogen-bond donors (Lipinski definition) is 1. The van der Waals surface area contributed by atoms with Gasteiger partial charge in [-0.05, 0) is 42.7 Å². The van der Waals surface area contributed by atoms with E-state index in [-0.39, 0.29) is 17.4 Å². The molecular weight excluding hydrogens is 525 g/mol. The third-order valence-electron chi connectivity index (χ3n) is 7.34. The smallest absolute Gasteiger partial charge is 0.253 e. The highest BCUT2D eigenvalue weighted by Crippen LogP contribution is 2.40. The summed E-state index contributed by atoms with van der Waals surface area (Å²) in [5, 5.41) is 0.